The third-order valence-electron chi connectivity index (χ3n) is 7.83. The van der Waals surface area contributed by atoms with Crippen LogP contribution in [-0.4, -0.2) is 55.4 Å². The minimum Gasteiger partial charge on any atom is -0.497 e. The Balaban J connectivity index is 1.33. The lowest BCUT2D eigenvalue weighted by Gasteiger charge is -2.29. The van der Waals surface area contributed by atoms with Gasteiger partial charge in [-0.1, -0.05) is 42.8 Å². The van der Waals surface area contributed by atoms with E-state index in [4.69, 9.17) is 4.74 Å². The van der Waals surface area contributed by atoms with Crippen LogP contribution in [0.1, 0.15) is 31.2 Å². The Morgan fingerprint density at radius 3 is 2.53 bits per heavy atom. The minimum absolute atomic E-state index is 0.140. The van der Waals surface area contributed by atoms with E-state index in [9.17, 15) is 9.59 Å². The Morgan fingerprint density at radius 2 is 1.84 bits per heavy atom. The fourth-order valence-corrected chi connectivity index (χ4v) is 5.55. The maximum absolute atomic E-state index is 13.2. The first-order chi connectivity index (χ1) is 15.5. The summed E-state index contributed by atoms with van der Waals surface area (Å²) in [5.74, 6) is 1.24. The molecule has 2 atom stereocenters. The van der Waals surface area contributed by atoms with Crippen LogP contribution in [0.15, 0.2) is 48.5 Å². The van der Waals surface area contributed by atoms with Crippen molar-refractivity contribution in [1.29, 1.82) is 0 Å². The highest BCUT2D eigenvalue weighted by molar-refractivity contribution is 5.85. The summed E-state index contributed by atoms with van der Waals surface area (Å²) in [6, 6.07) is 16.4. The Morgan fingerprint density at radius 1 is 1.09 bits per heavy atom. The van der Waals surface area contributed by atoms with Gasteiger partial charge in [0.1, 0.15) is 5.75 Å². The third kappa shape index (κ3) is 3.89. The maximum atomic E-state index is 13.2. The molecule has 0 radical (unpaired) electrons. The highest BCUT2D eigenvalue weighted by atomic mass is 16.5. The van der Waals surface area contributed by atoms with Crippen LogP contribution in [-0.2, 0) is 16.0 Å². The van der Waals surface area contributed by atoms with Gasteiger partial charge in [0, 0.05) is 32.6 Å². The molecule has 0 bridgehead atoms. The van der Waals surface area contributed by atoms with E-state index in [1.54, 1.807) is 12.0 Å². The molecule has 5 rings (SSSR count). The number of benzene rings is 2. The summed E-state index contributed by atoms with van der Waals surface area (Å²) in [5.41, 5.74) is 3.63. The van der Waals surface area contributed by atoms with Crippen molar-refractivity contribution >= 4 is 11.8 Å². The zero-order valence-electron chi connectivity index (χ0n) is 19.0. The first-order valence-corrected chi connectivity index (χ1v) is 11.8. The molecule has 3 fully saturated rings. The van der Waals surface area contributed by atoms with Crippen molar-refractivity contribution in [3.05, 3.63) is 54.1 Å². The summed E-state index contributed by atoms with van der Waals surface area (Å²) in [6.07, 6.45) is 5.37. The number of carbonyl (C=O) groups excluding carboxylic acids is 2. The van der Waals surface area contributed by atoms with Crippen molar-refractivity contribution < 1.29 is 14.3 Å². The average molecular weight is 433 g/mol. The molecule has 5 heteroatoms. The summed E-state index contributed by atoms with van der Waals surface area (Å²) in [6.45, 7) is 1.79. The molecular weight excluding hydrogens is 400 g/mol. The monoisotopic (exact) mass is 432 g/mol. The second-order valence-corrected chi connectivity index (χ2v) is 9.85. The van der Waals surface area contributed by atoms with Gasteiger partial charge in [0.2, 0.25) is 11.8 Å². The third-order valence-corrected chi connectivity index (χ3v) is 7.83. The number of hydrogen-bond acceptors (Lipinski definition) is 3. The van der Waals surface area contributed by atoms with Gasteiger partial charge in [-0.15, -0.1) is 0 Å². The van der Waals surface area contributed by atoms with Gasteiger partial charge in [-0.05, 0) is 59.9 Å². The molecular formula is C27H32N2O3. The van der Waals surface area contributed by atoms with Crippen molar-refractivity contribution in [2.45, 2.75) is 32.1 Å². The lowest BCUT2D eigenvalue weighted by atomic mass is 9.79. The van der Waals surface area contributed by atoms with E-state index >= 15 is 0 Å². The number of likely N-dealkylation sites (N-methyl/N-ethyl adjacent to an activating group) is 1. The average Bonchev–Trinajstić information content (AvgIpc) is 3.58. The van der Waals surface area contributed by atoms with Crippen LogP contribution < -0.4 is 4.74 Å². The van der Waals surface area contributed by atoms with Crippen LogP contribution in [0.25, 0.3) is 11.1 Å². The van der Waals surface area contributed by atoms with Gasteiger partial charge in [-0.25, -0.2) is 0 Å². The van der Waals surface area contributed by atoms with Crippen LogP contribution in [0.2, 0.25) is 0 Å². The van der Waals surface area contributed by atoms with Crippen molar-refractivity contribution in [1.82, 2.24) is 9.80 Å². The summed E-state index contributed by atoms with van der Waals surface area (Å²) in [5, 5.41) is 0. The molecule has 1 saturated heterocycles. The molecule has 2 amide bonds. The molecule has 0 N–H and O–H groups in total. The topological polar surface area (TPSA) is 49.9 Å². The molecule has 32 heavy (non-hydrogen) atoms. The Bertz CT molecular complexity index is 1030. The second kappa shape index (κ2) is 8.27. The lowest BCUT2D eigenvalue weighted by Crippen LogP contribution is -2.39. The fourth-order valence-electron chi connectivity index (χ4n) is 5.55. The molecule has 1 aliphatic heterocycles. The van der Waals surface area contributed by atoms with Crippen LogP contribution in [0, 0.1) is 17.3 Å². The van der Waals surface area contributed by atoms with Crippen LogP contribution >= 0.6 is 0 Å². The van der Waals surface area contributed by atoms with Crippen LogP contribution in [0.4, 0.5) is 0 Å². The molecule has 2 saturated carbocycles. The van der Waals surface area contributed by atoms with Crippen molar-refractivity contribution in [2.75, 3.05) is 33.8 Å². The molecule has 0 aromatic heterocycles. The normalized spacial score (nSPS) is 24.1. The molecule has 0 unspecified atom stereocenters. The maximum Gasteiger partial charge on any atom is 0.227 e. The molecule has 5 nitrogen and oxygen atoms in total. The van der Waals surface area contributed by atoms with E-state index in [0.717, 1.165) is 28.9 Å². The number of amides is 2. The molecule has 2 aromatic carbocycles. The lowest BCUT2D eigenvalue weighted by molar-refractivity contribution is -0.135. The minimum atomic E-state index is -0.205. The van der Waals surface area contributed by atoms with Gasteiger partial charge in [0.05, 0.1) is 13.0 Å². The van der Waals surface area contributed by atoms with E-state index in [1.807, 2.05) is 36.2 Å². The van der Waals surface area contributed by atoms with Gasteiger partial charge in [0.15, 0.2) is 0 Å². The van der Waals surface area contributed by atoms with Crippen molar-refractivity contribution in [3.8, 4) is 16.9 Å². The molecule has 1 spiro atoms. The first kappa shape index (κ1) is 21.0. The van der Waals surface area contributed by atoms with E-state index in [2.05, 4.69) is 24.3 Å². The number of hydrogen-bond donors (Lipinski definition) is 0. The Kier molecular flexibility index (Phi) is 5.44. The number of carbonyl (C=O) groups is 2. The SMILES string of the molecule is COc1cccc(-c2cccc(C[C@@H]3CN(C(=O)[C@H]4CC45CCC5)CCN(C)C3=O)c2)c1. The van der Waals surface area contributed by atoms with E-state index in [-0.39, 0.29) is 23.7 Å². The zero-order chi connectivity index (χ0) is 22.3. The predicted octanol–water partition coefficient (Wildman–Crippen LogP) is 4.01. The molecule has 168 valence electrons. The number of ether oxygens (including phenoxy) is 1. The molecule has 2 aromatic rings. The summed E-state index contributed by atoms with van der Waals surface area (Å²) in [4.78, 5) is 30.1. The summed E-state index contributed by atoms with van der Waals surface area (Å²) in [7, 11) is 3.53. The number of methoxy groups -OCH3 is 1. The van der Waals surface area contributed by atoms with E-state index in [1.165, 1.54) is 19.3 Å². The highest BCUT2D eigenvalue weighted by Gasteiger charge is 2.61. The molecule has 1 heterocycles. The molecule has 2 aliphatic carbocycles. The first-order valence-electron chi connectivity index (χ1n) is 11.8. The smallest absolute Gasteiger partial charge is 0.227 e. The van der Waals surface area contributed by atoms with E-state index < -0.39 is 0 Å². The van der Waals surface area contributed by atoms with Crippen LogP contribution in [0.5, 0.6) is 5.75 Å². The number of rotatable bonds is 5. The van der Waals surface area contributed by atoms with Gasteiger partial charge in [-0.3, -0.25) is 9.59 Å². The van der Waals surface area contributed by atoms with Gasteiger partial charge >= 0.3 is 0 Å². The Hall–Kier alpha value is -2.82. The zero-order valence-corrected chi connectivity index (χ0v) is 19.0. The second-order valence-electron chi connectivity index (χ2n) is 9.85. The molecule has 3 aliphatic rings. The van der Waals surface area contributed by atoms with Crippen LogP contribution in [0.3, 0.4) is 0 Å². The fraction of sp³-hybridized carbons (Fsp3) is 0.481. The van der Waals surface area contributed by atoms with Gasteiger partial charge in [0.25, 0.3) is 0 Å². The van der Waals surface area contributed by atoms with Gasteiger partial charge < -0.3 is 14.5 Å². The summed E-state index contributed by atoms with van der Waals surface area (Å²) < 4.78 is 5.37. The van der Waals surface area contributed by atoms with Crippen molar-refractivity contribution in [3.63, 3.8) is 0 Å². The summed E-state index contributed by atoms with van der Waals surface area (Å²) >= 11 is 0. The largest absolute Gasteiger partial charge is 0.497 e. The highest BCUT2D eigenvalue weighted by Crippen LogP contribution is 2.65. The Labute approximate surface area is 190 Å². The quantitative estimate of drug-likeness (QED) is 0.717. The standard InChI is InChI=1S/C27H32N2O3/c1-28-12-13-29(26(31)24-17-27(24)10-5-11-27)18-22(25(28)30)15-19-6-3-7-20(14-19)21-8-4-9-23(16-21)32-2/h3-4,6-9,14,16,22,24H,5,10-13,15,17-18H2,1-2H3/t22-,24-/m1/s1. The van der Waals surface area contributed by atoms with E-state index in [0.29, 0.717) is 31.5 Å². The predicted molar refractivity (Wildman–Crippen MR) is 124 cm³/mol. The number of nitrogens with zero attached hydrogens (tertiary/aromatic N) is 2. The van der Waals surface area contributed by atoms with Gasteiger partial charge in [-0.2, -0.15) is 0 Å². The van der Waals surface area contributed by atoms with Crippen molar-refractivity contribution in [2.24, 2.45) is 17.3 Å².